The molecule has 3 heterocycles. The molecule has 6 nitrogen and oxygen atoms in total. The molecule has 0 fully saturated rings. The Balaban J connectivity index is 1.64. The average molecular weight is 367 g/mol. The topological polar surface area (TPSA) is 69.1 Å². The first kappa shape index (κ1) is 16.4. The standard InChI is InChI=1S/C22H17N5O/c1-14-10-11-27-20(13-23-22(27)24-14)17-7-5-6-16(12-17)18-8-3-4-9-19(18)21-25-15(2)26-28-21/h3-13H,1-2H3. The molecule has 0 bridgehead atoms. The maximum atomic E-state index is 5.40. The van der Waals surface area contributed by atoms with Crippen LogP contribution in [-0.4, -0.2) is 24.5 Å². The lowest BCUT2D eigenvalue weighted by Gasteiger charge is -2.09. The number of aromatic nitrogens is 5. The first-order chi connectivity index (χ1) is 13.7. The molecule has 0 N–H and O–H groups in total. The largest absolute Gasteiger partial charge is 0.334 e. The highest BCUT2D eigenvalue weighted by Crippen LogP contribution is 2.33. The van der Waals surface area contributed by atoms with E-state index >= 15 is 0 Å². The van der Waals surface area contributed by atoms with Gasteiger partial charge in [-0.15, -0.1) is 0 Å². The molecule has 0 atom stereocenters. The number of hydrogen-bond donors (Lipinski definition) is 0. The van der Waals surface area contributed by atoms with Gasteiger partial charge < -0.3 is 4.52 Å². The molecule has 0 aliphatic heterocycles. The average Bonchev–Trinajstić information content (AvgIpc) is 3.34. The SMILES string of the molecule is Cc1ccn2c(-c3cccc(-c4ccccc4-c4nc(C)no4)c3)cnc2n1. The first-order valence-corrected chi connectivity index (χ1v) is 9.00. The maximum absolute atomic E-state index is 5.40. The van der Waals surface area contributed by atoms with E-state index in [0.29, 0.717) is 17.5 Å². The van der Waals surface area contributed by atoms with E-state index in [1.165, 1.54) is 0 Å². The summed E-state index contributed by atoms with van der Waals surface area (Å²) in [6, 6.07) is 18.4. The Bertz CT molecular complexity index is 1300. The van der Waals surface area contributed by atoms with Crippen LogP contribution in [0, 0.1) is 13.8 Å². The molecular formula is C22H17N5O. The van der Waals surface area contributed by atoms with E-state index in [2.05, 4.69) is 44.4 Å². The molecule has 0 aliphatic rings. The van der Waals surface area contributed by atoms with E-state index in [-0.39, 0.29) is 0 Å². The quantitative estimate of drug-likeness (QED) is 0.461. The van der Waals surface area contributed by atoms with Gasteiger partial charge in [0.15, 0.2) is 5.82 Å². The Morgan fingerprint density at radius 3 is 2.50 bits per heavy atom. The molecule has 0 aliphatic carbocycles. The van der Waals surface area contributed by atoms with Crippen molar-refractivity contribution in [2.45, 2.75) is 13.8 Å². The van der Waals surface area contributed by atoms with Crippen molar-refractivity contribution in [2.75, 3.05) is 0 Å². The predicted molar refractivity (Wildman–Crippen MR) is 107 cm³/mol. The van der Waals surface area contributed by atoms with Gasteiger partial charge in [-0.05, 0) is 43.2 Å². The Morgan fingerprint density at radius 2 is 1.68 bits per heavy atom. The van der Waals surface area contributed by atoms with Crippen molar-refractivity contribution in [3.05, 3.63) is 78.5 Å². The molecule has 136 valence electrons. The van der Waals surface area contributed by atoms with Crippen LogP contribution >= 0.6 is 0 Å². The van der Waals surface area contributed by atoms with E-state index in [4.69, 9.17) is 4.52 Å². The first-order valence-electron chi connectivity index (χ1n) is 9.00. The van der Waals surface area contributed by atoms with Gasteiger partial charge in [0.2, 0.25) is 5.78 Å². The summed E-state index contributed by atoms with van der Waals surface area (Å²) >= 11 is 0. The summed E-state index contributed by atoms with van der Waals surface area (Å²) in [4.78, 5) is 13.3. The van der Waals surface area contributed by atoms with Crippen molar-refractivity contribution >= 4 is 5.78 Å². The molecule has 0 unspecified atom stereocenters. The summed E-state index contributed by atoms with van der Waals surface area (Å²) in [5, 5.41) is 3.92. The fourth-order valence-electron chi connectivity index (χ4n) is 3.35. The Morgan fingerprint density at radius 1 is 0.857 bits per heavy atom. The molecule has 5 aromatic rings. The van der Waals surface area contributed by atoms with Gasteiger partial charge in [0, 0.05) is 23.0 Å². The van der Waals surface area contributed by atoms with E-state index < -0.39 is 0 Å². The zero-order chi connectivity index (χ0) is 19.1. The third kappa shape index (κ3) is 2.75. The van der Waals surface area contributed by atoms with Gasteiger partial charge in [-0.25, -0.2) is 9.97 Å². The molecule has 3 aromatic heterocycles. The van der Waals surface area contributed by atoms with Crippen molar-refractivity contribution in [3.63, 3.8) is 0 Å². The van der Waals surface area contributed by atoms with Gasteiger partial charge in [-0.1, -0.05) is 41.6 Å². The van der Waals surface area contributed by atoms with Gasteiger partial charge in [-0.2, -0.15) is 4.98 Å². The molecule has 0 saturated carbocycles. The minimum absolute atomic E-state index is 0.521. The predicted octanol–water partition coefficient (Wildman–Crippen LogP) is 4.73. The number of hydrogen-bond acceptors (Lipinski definition) is 5. The number of nitrogens with zero attached hydrogens (tertiary/aromatic N) is 5. The minimum atomic E-state index is 0.521. The fourth-order valence-corrected chi connectivity index (χ4v) is 3.35. The third-order valence-corrected chi connectivity index (χ3v) is 4.67. The summed E-state index contributed by atoms with van der Waals surface area (Å²) < 4.78 is 7.40. The van der Waals surface area contributed by atoms with Crippen LogP contribution in [0.25, 0.3) is 39.6 Å². The maximum Gasteiger partial charge on any atom is 0.258 e. The van der Waals surface area contributed by atoms with Gasteiger partial charge in [0.05, 0.1) is 11.9 Å². The zero-order valence-electron chi connectivity index (χ0n) is 15.5. The van der Waals surface area contributed by atoms with Crippen LogP contribution in [0.4, 0.5) is 0 Å². The second-order valence-corrected chi connectivity index (χ2v) is 6.66. The van der Waals surface area contributed by atoms with Gasteiger partial charge in [-0.3, -0.25) is 4.40 Å². The summed E-state index contributed by atoms with van der Waals surface area (Å²) in [5.74, 6) is 1.84. The molecule has 0 amide bonds. The van der Waals surface area contributed by atoms with Crippen molar-refractivity contribution in [2.24, 2.45) is 0 Å². The van der Waals surface area contributed by atoms with Crippen LogP contribution in [0.15, 0.2) is 71.5 Å². The number of aryl methyl sites for hydroxylation is 2. The summed E-state index contributed by atoms with van der Waals surface area (Å²) in [6.07, 6.45) is 3.86. The van der Waals surface area contributed by atoms with Crippen LogP contribution in [-0.2, 0) is 0 Å². The van der Waals surface area contributed by atoms with Crippen LogP contribution in [0.5, 0.6) is 0 Å². The second-order valence-electron chi connectivity index (χ2n) is 6.66. The van der Waals surface area contributed by atoms with Gasteiger partial charge in [0.1, 0.15) is 0 Å². The van der Waals surface area contributed by atoms with E-state index in [9.17, 15) is 0 Å². The Kier molecular flexibility index (Phi) is 3.76. The summed E-state index contributed by atoms with van der Waals surface area (Å²) in [7, 11) is 0. The van der Waals surface area contributed by atoms with Crippen molar-refractivity contribution in [1.29, 1.82) is 0 Å². The van der Waals surface area contributed by atoms with E-state index in [0.717, 1.165) is 33.6 Å². The van der Waals surface area contributed by atoms with E-state index in [1.54, 1.807) is 0 Å². The van der Waals surface area contributed by atoms with Crippen LogP contribution in [0.3, 0.4) is 0 Å². The van der Waals surface area contributed by atoms with Crippen molar-refractivity contribution in [1.82, 2.24) is 24.5 Å². The van der Waals surface area contributed by atoms with Gasteiger partial charge in [0.25, 0.3) is 5.89 Å². The van der Waals surface area contributed by atoms with Crippen LogP contribution in [0.2, 0.25) is 0 Å². The summed E-state index contributed by atoms with van der Waals surface area (Å²) in [6.45, 7) is 3.78. The van der Waals surface area contributed by atoms with Crippen LogP contribution < -0.4 is 0 Å². The Hall–Kier alpha value is -3.80. The lowest BCUT2D eigenvalue weighted by Crippen LogP contribution is -1.93. The highest BCUT2D eigenvalue weighted by atomic mass is 16.5. The number of fused-ring (bicyclic) bond motifs is 1. The molecule has 5 rings (SSSR count). The Labute approximate surface area is 161 Å². The molecule has 0 spiro atoms. The molecule has 6 heteroatoms. The second kappa shape index (κ2) is 6.42. The molecule has 0 radical (unpaired) electrons. The molecule has 0 saturated heterocycles. The number of imidazole rings is 1. The minimum Gasteiger partial charge on any atom is -0.334 e. The highest BCUT2D eigenvalue weighted by Gasteiger charge is 2.14. The van der Waals surface area contributed by atoms with Gasteiger partial charge >= 0.3 is 0 Å². The third-order valence-electron chi connectivity index (χ3n) is 4.67. The van der Waals surface area contributed by atoms with Crippen molar-refractivity contribution in [3.8, 4) is 33.8 Å². The molecule has 2 aromatic carbocycles. The van der Waals surface area contributed by atoms with Crippen molar-refractivity contribution < 1.29 is 4.52 Å². The lowest BCUT2D eigenvalue weighted by atomic mass is 9.97. The normalized spacial score (nSPS) is 11.2. The number of benzene rings is 2. The fraction of sp³-hybridized carbons (Fsp3) is 0.0909. The smallest absolute Gasteiger partial charge is 0.258 e. The van der Waals surface area contributed by atoms with Crippen LogP contribution in [0.1, 0.15) is 11.5 Å². The summed E-state index contributed by atoms with van der Waals surface area (Å²) in [5.41, 5.74) is 6.02. The molecular weight excluding hydrogens is 350 g/mol. The lowest BCUT2D eigenvalue weighted by molar-refractivity contribution is 0.426. The number of rotatable bonds is 3. The molecule has 28 heavy (non-hydrogen) atoms. The highest BCUT2D eigenvalue weighted by molar-refractivity contribution is 5.82. The van der Waals surface area contributed by atoms with E-state index in [1.807, 2.05) is 61.0 Å². The zero-order valence-corrected chi connectivity index (χ0v) is 15.5. The monoisotopic (exact) mass is 367 g/mol.